The maximum atomic E-state index is 13.5. The summed E-state index contributed by atoms with van der Waals surface area (Å²) in [5, 5.41) is 2.50. The van der Waals surface area contributed by atoms with E-state index in [1.807, 2.05) is 13.0 Å². The first-order valence-corrected chi connectivity index (χ1v) is 4.58. The highest BCUT2D eigenvalue weighted by atomic mass is 19.3. The van der Waals surface area contributed by atoms with Gasteiger partial charge >= 0.3 is 0 Å². The highest BCUT2D eigenvalue weighted by Crippen LogP contribution is 2.30. The summed E-state index contributed by atoms with van der Waals surface area (Å²) in [4.78, 5) is 0. The fraction of sp³-hybridized carbons (Fsp3) is 0.455. The van der Waals surface area contributed by atoms with Gasteiger partial charge in [0.2, 0.25) is 0 Å². The highest BCUT2D eigenvalue weighted by Gasteiger charge is 2.32. The third-order valence-corrected chi connectivity index (χ3v) is 2.40. The lowest BCUT2D eigenvalue weighted by Crippen LogP contribution is -2.29. The molecule has 0 aromatic heterocycles. The maximum Gasteiger partial charge on any atom is 0.285 e. The van der Waals surface area contributed by atoms with Gasteiger partial charge in [-0.25, -0.2) is 0 Å². The quantitative estimate of drug-likeness (QED) is 0.789. The maximum absolute atomic E-state index is 13.5. The molecular weight excluding hydrogens is 184 g/mol. The minimum absolute atomic E-state index is 0.117. The van der Waals surface area contributed by atoms with E-state index >= 15 is 0 Å². The second-order valence-electron chi connectivity index (χ2n) is 3.48. The molecule has 0 radical (unpaired) electrons. The molecule has 1 aromatic carbocycles. The summed E-state index contributed by atoms with van der Waals surface area (Å²) in [5.74, 6) is -2.79. The van der Waals surface area contributed by atoms with Gasteiger partial charge in [-0.1, -0.05) is 18.2 Å². The fourth-order valence-corrected chi connectivity index (χ4v) is 1.46. The van der Waals surface area contributed by atoms with E-state index in [9.17, 15) is 8.78 Å². The van der Waals surface area contributed by atoms with Crippen LogP contribution in [0, 0.1) is 13.8 Å². The minimum Gasteiger partial charge on any atom is -0.314 e. The van der Waals surface area contributed by atoms with Crippen molar-refractivity contribution in [3.63, 3.8) is 0 Å². The van der Waals surface area contributed by atoms with Crippen LogP contribution in [0.5, 0.6) is 0 Å². The Morgan fingerprint density at radius 2 is 1.93 bits per heavy atom. The second kappa shape index (κ2) is 4.05. The molecule has 0 spiro atoms. The van der Waals surface area contributed by atoms with Gasteiger partial charge in [-0.15, -0.1) is 0 Å². The van der Waals surface area contributed by atoms with Crippen LogP contribution < -0.4 is 5.32 Å². The standard InChI is InChI=1S/C11H15F2N/c1-8-5-4-6-10(9(8)2)11(12,13)7-14-3/h4-6,14H,7H2,1-3H3. The summed E-state index contributed by atoms with van der Waals surface area (Å²) in [7, 11) is 1.53. The van der Waals surface area contributed by atoms with Crippen molar-refractivity contribution in [3.8, 4) is 0 Å². The molecule has 0 saturated heterocycles. The van der Waals surface area contributed by atoms with Crippen molar-refractivity contribution in [1.29, 1.82) is 0 Å². The first kappa shape index (κ1) is 11.1. The van der Waals surface area contributed by atoms with Gasteiger partial charge in [0.25, 0.3) is 5.92 Å². The molecule has 0 aliphatic heterocycles. The minimum atomic E-state index is -2.79. The van der Waals surface area contributed by atoms with Crippen molar-refractivity contribution in [1.82, 2.24) is 5.32 Å². The molecule has 1 N–H and O–H groups in total. The van der Waals surface area contributed by atoms with E-state index in [-0.39, 0.29) is 12.1 Å². The van der Waals surface area contributed by atoms with E-state index in [0.717, 1.165) is 5.56 Å². The molecule has 0 amide bonds. The van der Waals surface area contributed by atoms with Crippen molar-refractivity contribution < 1.29 is 8.78 Å². The van der Waals surface area contributed by atoms with E-state index in [0.29, 0.717) is 5.56 Å². The molecule has 3 heteroatoms. The van der Waals surface area contributed by atoms with E-state index in [2.05, 4.69) is 5.32 Å². The van der Waals surface area contributed by atoms with Crippen LogP contribution in [0.15, 0.2) is 18.2 Å². The lowest BCUT2D eigenvalue weighted by Gasteiger charge is -2.19. The molecule has 0 aliphatic carbocycles. The molecule has 14 heavy (non-hydrogen) atoms. The Balaban J connectivity index is 3.12. The number of hydrogen-bond donors (Lipinski definition) is 1. The number of nitrogens with one attached hydrogen (secondary N) is 1. The van der Waals surface area contributed by atoms with Crippen LogP contribution in [0.3, 0.4) is 0 Å². The number of alkyl halides is 2. The van der Waals surface area contributed by atoms with E-state index in [1.165, 1.54) is 13.1 Å². The predicted molar refractivity (Wildman–Crippen MR) is 53.7 cm³/mol. The van der Waals surface area contributed by atoms with Crippen LogP contribution in [0.1, 0.15) is 16.7 Å². The van der Waals surface area contributed by atoms with E-state index in [4.69, 9.17) is 0 Å². The van der Waals surface area contributed by atoms with Gasteiger partial charge < -0.3 is 5.32 Å². The number of benzene rings is 1. The number of rotatable bonds is 3. The number of likely N-dealkylation sites (N-methyl/N-ethyl adjacent to an activating group) is 1. The zero-order chi connectivity index (χ0) is 10.8. The Hall–Kier alpha value is -0.960. The Morgan fingerprint density at radius 1 is 1.29 bits per heavy atom. The molecule has 78 valence electrons. The van der Waals surface area contributed by atoms with Crippen LogP contribution in [0.4, 0.5) is 8.78 Å². The summed E-state index contributed by atoms with van der Waals surface area (Å²) in [6.07, 6.45) is 0. The van der Waals surface area contributed by atoms with Gasteiger partial charge in [-0.05, 0) is 32.0 Å². The van der Waals surface area contributed by atoms with Gasteiger partial charge in [-0.2, -0.15) is 8.78 Å². The van der Waals surface area contributed by atoms with Gasteiger partial charge in [0.15, 0.2) is 0 Å². The number of hydrogen-bond acceptors (Lipinski definition) is 1. The zero-order valence-corrected chi connectivity index (χ0v) is 8.70. The lowest BCUT2D eigenvalue weighted by molar-refractivity contribution is -0.00192. The topological polar surface area (TPSA) is 12.0 Å². The van der Waals surface area contributed by atoms with Gasteiger partial charge in [0.1, 0.15) is 0 Å². The third-order valence-electron chi connectivity index (χ3n) is 2.40. The Kier molecular flexibility index (Phi) is 3.21. The number of halogens is 2. The summed E-state index contributed by atoms with van der Waals surface area (Å²) < 4.78 is 27.1. The molecule has 0 unspecified atom stereocenters. The van der Waals surface area contributed by atoms with Gasteiger partial charge in [0, 0.05) is 5.56 Å². The first-order valence-electron chi connectivity index (χ1n) is 4.58. The summed E-state index contributed by atoms with van der Waals surface area (Å²) >= 11 is 0. The van der Waals surface area contributed by atoms with Crippen molar-refractivity contribution in [3.05, 3.63) is 34.9 Å². The molecule has 1 rings (SSSR count). The Bertz CT molecular complexity index is 321. The highest BCUT2D eigenvalue weighted by molar-refractivity contribution is 5.36. The van der Waals surface area contributed by atoms with Crippen molar-refractivity contribution >= 4 is 0 Å². The molecule has 0 saturated carbocycles. The van der Waals surface area contributed by atoms with Crippen LogP contribution in [-0.2, 0) is 5.92 Å². The smallest absolute Gasteiger partial charge is 0.285 e. The first-order chi connectivity index (χ1) is 6.49. The largest absolute Gasteiger partial charge is 0.314 e. The molecule has 0 bridgehead atoms. The Morgan fingerprint density at radius 3 is 2.50 bits per heavy atom. The zero-order valence-electron chi connectivity index (χ0n) is 8.70. The number of aryl methyl sites for hydroxylation is 1. The van der Waals surface area contributed by atoms with Crippen molar-refractivity contribution in [2.24, 2.45) is 0 Å². The Labute approximate surface area is 83.1 Å². The SMILES string of the molecule is CNCC(F)(F)c1cccc(C)c1C. The van der Waals surface area contributed by atoms with Crippen molar-refractivity contribution in [2.75, 3.05) is 13.6 Å². The molecule has 1 nitrogen and oxygen atoms in total. The third kappa shape index (κ3) is 2.10. The summed E-state index contributed by atoms with van der Waals surface area (Å²) in [6, 6.07) is 5.00. The second-order valence-corrected chi connectivity index (χ2v) is 3.48. The average Bonchev–Trinajstić information content (AvgIpc) is 2.09. The van der Waals surface area contributed by atoms with Crippen LogP contribution >= 0.6 is 0 Å². The molecule has 0 atom stereocenters. The molecular formula is C11H15F2N. The summed E-state index contributed by atoms with van der Waals surface area (Å²) in [5.41, 5.74) is 1.69. The molecule has 1 aromatic rings. The van der Waals surface area contributed by atoms with E-state index < -0.39 is 5.92 Å². The van der Waals surface area contributed by atoms with E-state index in [1.54, 1.807) is 13.0 Å². The average molecular weight is 199 g/mol. The van der Waals surface area contributed by atoms with Gasteiger partial charge in [0.05, 0.1) is 6.54 Å². The van der Waals surface area contributed by atoms with Gasteiger partial charge in [-0.3, -0.25) is 0 Å². The van der Waals surface area contributed by atoms with Crippen LogP contribution in [-0.4, -0.2) is 13.6 Å². The fourth-order valence-electron chi connectivity index (χ4n) is 1.46. The van der Waals surface area contributed by atoms with Crippen LogP contribution in [0.2, 0.25) is 0 Å². The normalized spacial score (nSPS) is 11.8. The molecule has 0 heterocycles. The summed E-state index contributed by atoms with van der Waals surface area (Å²) in [6.45, 7) is 3.25. The predicted octanol–water partition coefficient (Wildman–Crippen LogP) is 2.61. The van der Waals surface area contributed by atoms with Crippen molar-refractivity contribution in [2.45, 2.75) is 19.8 Å². The lowest BCUT2D eigenvalue weighted by atomic mass is 9.98. The monoisotopic (exact) mass is 199 g/mol. The molecule has 0 fully saturated rings. The van der Waals surface area contributed by atoms with Crippen LogP contribution in [0.25, 0.3) is 0 Å². The molecule has 0 aliphatic rings.